The molecule has 0 radical (unpaired) electrons. The Morgan fingerprint density at radius 3 is 2.83 bits per heavy atom. The van der Waals surface area contributed by atoms with Crippen molar-refractivity contribution in [2.75, 3.05) is 18.6 Å². The molecule has 0 fully saturated rings. The van der Waals surface area contributed by atoms with Gasteiger partial charge >= 0.3 is 0 Å². The molecule has 0 amide bonds. The van der Waals surface area contributed by atoms with Crippen LogP contribution in [0.5, 0.6) is 0 Å². The van der Waals surface area contributed by atoms with Crippen molar-refractivity contribution in [2.45, 2.75) is 24.2 Å². The fourth-order valence-electron chi connectivity index (χ4n) is 1.39. The second kappa shape index (κ2) is 7.99. The highest BCUT2D eigenvalue weighted by atomic mass is 35.5. The molecular weight excluding hydrogens is 292 g/mol. The first-order valence-electron chi connectivity index (χ1n) is 5.66. The highest BCUT2D eigenvalue weighted by Gasteiger charge is 2.16. The molecule has 0 saturated heterocycles. The lowest BCUT2D eigenvalue weighted by molar-refractivity contribution is 0.576. The van der Waals surface area contributed by atoms with E-state index in [0.29, 0.717) is 6.54 Å². The van der Waals surface area contributed by atoms with Crippen molar-refractivity contribution in [2.24, 2.45) is 0 Å². The summed E-state index contributed by atoms with van der Waals surface area (Å²) in [6.45, 7) is 0.432. The molecule has 0 aromatic carbocycles. The van der Waals surface area contributed by atoms with Gasteiger partial charge in [0.25, 0.3) is 0 Å². The number of thioether (sulfide) groups is 1. The summed E-state index contributed by atoms with van der Waals surface area (Å²) in [6, 6.07) is 1.47. The fraction of sp³-hybridized carbons (Fsp3) is 0.545. The van der Waals surface area contributed by atoms with E-state index in [1.807, 2.05) is 0 Å². The molecule has 1 rings (SSSR count). The van der Waals surface area contributed by atoms with E-state index >= 15 is 0 Å². The summed E-state index contributed by atoms with van der Waals surface area (Å²) >= 11 is 7.63. The molecule has 18 heavy (non-hydrogen) atoms. The second-order valence-electron chi connectivity index (χ2n) is 3.76. The zero-order valence-corrected chi connectivity index (χ0v) is 12.6. The van der Waals surface area contributed by atoms with Crippen LogP contribution in [-0.4, -0.2) is 32.0 Å². The van der Waals surface area contributed by atoms with Crippen molar-refractivity contribution in [3.63, 3.8) is 0 Å². The van der Waals surface area contributed by atoms with Crippen LogP contribution in [0, 0.1) is 0 Å². The monoisotopic (exact) mass is 308 g/mol. The maximum Gasteiger partial charge on any atom is 0.243 e. The van der Waals surface area contributed by atoms with Crippen molar-refractivity contribution in [3.05, 3.63) is 23.5 Å². The van der Waals surface area contributed by atoms with Gasteiger partial charge in [0, 0.05) is 18.9 Å². The lowest BCUT2D eigenvalue weighted by Crippen LogP contribution is -2.25. The molecule has 0 saturated carbocycles. The Bertz CT molecular complexity index is 466. The number of unbranched alkanes of at least 4 members (excludes halogenated alkanes) is 2. The third-order valence-corrected chi connectivity index (χ3v) is 4.97. The first-order valence-corrected chi connectivity index (χ1v) is 8.91. The number of pyridine rings is 1. The highest BCUT2D eigenvalue weighted by Crippen LogP contribution is 2.18. The molecule has 0 atom stereocenters. The molecule has 0 aliphatic rings. The molecule has 1 heterocycles. The zero-order valence-electron chi connectivity index (χ0n) is 10.2. The Morgan fingerprint density at radius 1 is 1.39 bits per heavy atom. The summed E-state index contributed by atoms with van der Waals surface area (Å²) in [5.74, 6) is 1.11. The van der Waals surface area contributed by atoms with Gasteiger partial charge in [0.1, 0.15) is 4.90 Å². The molecule has 102 valence electrons. The third-order valence-electron chi connectivity index (χ3n) is 2.34. The maximum absolute atomic E-state index is 11.9. The van der Waals surface area contributed by atoms with Crippen LogP contribution in [0.25, 0.3) is 0 Å². The van der Waals surface area contributed by atoms with E-state index in [0.717, 1.165) is 25.0 Å². The van der Waals surface area contributed by atoms with Gasteiger partial charge in [-0.25, -0.2) is 13.1 Å². The third kappa shape index (κ3) is 5.14. The second-order valence-corrected chi connectivity index (χ2v) is 6.89. The fourth-order valence-corrected chi connectivity index (χ4v) is 3.39. The lowest BCUT2D eigenvalue weighted by Gasteiger charge is -2.07. The van der Waals surface area contributed by atoms with Crippen molar-refractivity contribution >= 4 is 33.4 Å². The van der Waals surface area contributed by atoms with E-state index in [9.17, 15) is 8.42 Å². The summed E-state index contributed by atoms with van der Waals surface area (Å²) in [4.78, 5) is 3.81. The molecule has 1 aromatic heterocycles. The summed E-state index contributed by atoms with van der Waals surface area (Å²) < 4.78 is 26.3. The van der Waals surface area contributed by atoms with Crippen molar-refractivity contribution < 1.29 is 8.42 Å². The number of aromatic nitrogens is 1. The number of rotatable bonds is 8. The molecule has 1 aromatic rings. The van der Waals surface area contributed by atoms with Gasteiger partial charge < -0.3 is 0 Å². The number of hydrogen-bond donors (Lipinski definition) is 1. The summed E-state index contributed by atoms with van der Waals surface area (Å²) in [7, 11) is -3.53. The van der Waals surface area contributed by atoms with Crippen LogP contribution in [0.1, 0.15) is 19.3 Å². The van der Waals surface area contributed by atoms with E-state index in [4.69, 9.17) is 11.6 Å². The predicted octanol–water partition coefficient (Wildman–Crippen LogP) is 2.55. The Labute approximate surface area is 118 Å². The maximum atomic E-state index is 11.9. The van der Waals surface area contributed by atoms with Crippen LogP contribution < -0.4 is 4.72 Å². The number of halogens is 1. The predicted molar refractivity (Wildman–Crippen MR) is 76.7 cm³/mol. The Morgan fingerprint density at radius 2 is 2.17 bits per heavy atom. The van der Waals surface area contributed by atoms with E-state index in [1.165, 1.54) is 18.5 Å². The van der Waals surface area contributed by atoms with Crippen LogP contribution in [-0.2, 0) is 10.0 Å². The van der Waals surface area contributed by atoms with Gasteiger partial charge in [-0.05, 0) is 30.9 Å². The Kier molecular flexibility index (Phi) is 6.99. The molecule has 0 bridgehead atoms. The van der Waals surface area contributed by atoms with Crippen molar-refractivity contribution in [1.29, 1.82) is 0 Å². The Balaban J connectivity index is 2.44. The number of sulfonamides is 1. The minimum atomic E-state index is -3.53. The van der Waals surface area contributed by atoms with Crippen LogP contribution in [0.4, 0.5) is 0 Å². The number of nitrogens with zero attached hydrogens (tertiary/aromatic N) is 1. The van der Waals surface area contributed by atoms with Gasteiger partial charge in [0.2, 0.25) is 10.0 Å². The van der Waals surface area contributed by atoms with Gasteiger partial charge in [-0.1, -0.05) is 18.0 Å². The average Bonchev–Trinajstić information content (AvgIpc) is 2.34. The normalized spacial score (nSPS) is 11.7. The highest BCUT2D eigenvalue weighted by molar-refractivity contribution is 7.98. The minimum Gasteiger partial charge on any atom is -0.263 e. The van der Waals surface area contributed by atoms with Crippen molar-refractivity contribution in [3.8, 4) is 0 Å². The summed E-state index contributed by atoms with van der Waals surface area (Å²) in [6.07, 6.45) is 7.74. The SMILES string of the molecule is CSCCCCCNS(=O)(=O)c1cnccc1Cl. The molecule has 0 unspecified atom stereocenters. The van der Waals surface area contributed by atoms with Gasteiger partial charge in [-0.15, -0.1) is 0 Å². The quantitative estimate of drug-likeness (QED) is 0.750. The minimum absolute atomic E-state index is 0.0378. The molecule has 0 spiro atoms. The van der Waals surface area contributed by atoms with E-state index in [2.05, 4.69) is 16.0 Å². The average molecular weight is 309 g/mol. The van der Waals surface area contributed by atoms with Gasteiger partial charge in [-0.2, -0.15) is 11.8 Å². The number of nitrogens with one attached hydrogen (secondary N) is 1. The first-order chi connectivity index (χ1) is 8.58. The molecule has 0 aliphatic heterocycles. The molecule has 0 aliphatic carbocycles. The zero-order chi connectivity index (χ0) is 13.4. The first kappa shape index (κ1) is 15.8. The van der Waals surface area contributed by atoms with E-state index in [1.54, 1.807) is 11.8 Å². The number of hydrogen-bond acceptors (Lipinski definition) is 4. The van der Waals surface area contributed by atoms with Gasteiger partial charge in [-0.3, -0.25) is 4.98 Å². The van der Waals surface area contributed by atoms with Crippen LogP contribution in [0.3, 0.4) is 0 Å². The topological polar surface area (TPSA) is 59.1 Å². The van der Waals surface area contributed by atoms with Crippen LogP contribution in [0.15, 0.2) is 23.4 Å². The van der Waals surface area contributed by atoms with E-state index in [-0.39, 0.29) is 9.92 Å². The smallest absolute Gasteiger partial charge is 0.243 e. The molecule has 1 N–H and O–H groups in total. The summed E-state index contributed by atoms with van der Waals surface area (Å²) in [5.41, 5.74) is 0. The largest absolute Gasteiger partial charge is 0.263 e. The lowest BCUT2D eigenvalue weighted by atomic mass is 10.2. The van der Waals surface area contributed by atoms with Crippen LogP contribution >= 0.6 is 23.4 Å². The van der Waals surface area contributed by atoms with E-state index < -0.39 is 10.0 Å². The standard InChI is InChI=1S/C11H17ClN2O2S2/c1-17-8-4-2-3-6-14-18(15,16)11-9-13-7-5-10(11)12/h5,7,9,14H,2-4,6,8H2,1H3. The van der Waals surface area contributed by atoms with Gasteiger partial charge in [0.15, 0.2) is 0 Å². The summed E-state index contributed by atoms with van der Waals surface area (Å²) in [5, 5.41) is 0.194. The molecule has 4 nitrogen and oxygen atoms in total. The molecular formula is C11H17ClN2O2S2. The Hall–Kier alpha value is -0.300. The van der Waals surface area contributed by atoms with Crippen LogP contribution in [0.2, 0.25) is 5.02 Å². The van der Waals surface area contributed by atoms with Crippen molar-refractivity contribution in [1.82, 2.24) is 9.71 Å². The van der Waals surface area contributed by atoms with Gasteiger partial charge in [0.05, 0.1) is 5.02 Å². The molecule has 7 heteroatoms.